The molecule has 0 fully saturated rings. The number of nitrogens with zero attached hydrogens (tertiary/aromatic N) is 1. The highest BCUT2D eigenvalue weighted by Gasteiger charge is 2.12. The molecule has 0 saturated carbocycles. The summed E-state index contributed by atoms with van der Waals surface area (Å²) in [4.78, 5) is 13.3. The molecule has 0 aliphatic heterocycles. The molecule has 0 atom stereocenters. The van der Waals surface area contributed by atoms with Crippen LogP contribution in [0.15, 0.2) is 18.2 Å². The summed E-state index contributed by atoms with van der Waals surface area (Å²) >= 11 is 5.74. The van der Waals surface area contributed by atoms with Gasteiger partial charge in [0.05, 0.1) is 12.2 Å². The van der Waals surface area contributed by atoms with E-state index in [2.05, 4.69) is 5.32 Å². The summed E-state index contributed by atoms with van der Waals surface area (Å²) in [5.41, 5.74) is 0.239. The zero-order chi connectivity index (χ0) is 13.0. The van der Waals surface area contributed by atoms with Crippen molar-refractivity contribution < 1.29 is 9.18 Å². The lowest BCUT2D eigenvalue weighted by atomic mass is 10.3. The fourth-order valence-electron chi connectivity index (χ4n) is 1.22. The van der Waals surface area contributed by atoms with Gasteiger partial charge >= 0.3 is 0 Å². The Morgan fingerprint density at radius 3 is 2.76 bits per heavy atom. The maximum atomic E-state index is 13.3. The van der Waals surface area contributed by atoms with Crippen molar-refractivity contribution in [2.75, 3.05) is 18.9 Å². The van der Waals surface area contributed by atoms with Gasteiger partial charge in [-0.1, -0.05) is 11.6 Å². The largest absolute Gasteiger partial charge is 0.374 e. The average molecular weight is 259 g/mol. The van der Waals surface area contributed by atoms with Crippen molar-refractivity contribution in [1.82, 2.24) is 4.90 Å². The first kappa shape index (κ1) is 13.8. The molecule has 0 unspecified atom stereocenters. The number of carbonyl (C=O) groups is 1. The third-order valence-corrected chi connectivity index (χ3v) is 2.76. The number of carbonyl (C=O) groups excluding carboxylic acids is 1. The lowest BCUT2D eigenvalue weighted by Gasteiger charge is -2.21. The third-order valence-electron chi connectivity index (χ3n) is 2.53. The van der Waals surface area contributed by atoms with Crippen LogP contribution in [0.25, 0.3) is 0 Å². The molecule has 5 heteroatoms. The fourth-order valence-corrected chi connectivity index (χ4v) is 1.39. The van der Waals surface area contributed by atoms with E-state index >= 15 is 0 Å². The van der Waals surface area contributed by atoms with Gasteiger partial charge in [0.2, 0.25) is 5.91 Å². The fraction of sp³-hybridized carbons (Fsp3) is 0.417. The van der Waals surface area contributed by atoms with E-state index in [0.29, 0.717) is 5.02 Å². The topological polar surface area (TPSA) is 32.3 Å². The van der Waals surface area contributed by atoms with Gasteiger partial charge in [0, 0.05) is 18.1 Å². The van der Waals surface area contributed by atoms with Crippen LogP contribution in [0.5, 0.6) is 0 Å². The molecule has 0 spiro atoms. The van der Waals surface area contributed by atoms with Crippen LogP contribution in [0.1, 0.15) is 13.8 Å². The normalized spacial score (nSPS) is 10.5. The lowest BCUT2D eigenvalue weighted by molar-refractivity contribution is -0.129. The Balaban J connectivity index is 2.61. The van der Waals surface area contributed by atoms with Gasteiger partial charge in [0.1, 0.15) is 5.82 Å². The number of likely N-dealkylation sites (N-methyl/N-ethyl adjacent to an activating group) is 1. The van der Waals surface area contributed by atoms with Crippen molar-refractivity contribution in [1.29, 1.82) is 0 Å². The maximum absolute atomic E-state index is 13.3. The molecule has 0 aromatic heterocycles. The molecule has 17 heavy (non-hydrogen) atoms. The van der Waals surface area contributed by atoms with Crippen LogP contribution < -0.4 is 5.32 Å². The number of hydrogen-bond acceptors (Lipinski definition) is 2. The van der Waals surface area contributed by atoms with Gasteiger partial charge in [-0.3, -0.25) is 4.79 Å². The highest BCUT2D eigenvalue weighted by atomic mass is 35.5. The predicted molar refractivity (Wildman–Crippen MR) is 67.8 cm³/mol. The molecule has 1 aromatic rings. The molecular formula is C12H16ClFN2O. The average Bonchev–Trinajstić information content (AvgIpc) is 2.28. The standard InChI is InChI=1S/C12H16ClFN2O/c1-8(2)16(3)12(17)7-15-11-6-9(13)4-5-10(11)14/h4-6,8,15H,7H2,1-3H3. The molecule has 3 nitrogen and oxygen atoms in total. The van der Waals surface area contributed by atoms with Crippen LogP contribution in [0, 0.1) is 5.82 Å². The molecule has 94 valence electrons. The first-order chi connectivity index (χ1) is 7.91. The Hall–Kier alpha value is -1.29. The summed E-state index contributed by atoms with van der Waals surface area (Å²) in [5, 5.41) is 3.17. The van der Waals surface area contributed by atoms with E-state index in [1.807, 2.05) is 13.8 Å². The number of nitrogens with one attached hydrogen (secondary N) is 1. The summed E-state index contributed by atoms with van der Waals surface area (Å²) in [6.07, 6.45) is 0. The number of benzene rings is 1. The Morgan fingerprint density at radius 2 is 2.18 bits per heavy atom. The molecular weight excluding hydrogens is 243 g/mol. The first-order valence-corrected chi connectivity index (χ1v) is 5.74. The zero-order valence-electron chi connectivity index (χ0n) is 10.1. The van der Waals surface area contributed by atoms with Crippen LogP contribution in [0.4, 0.5) is 10.1 Å². The van der Waals surface area contributed by atoms with Gasteiger partial charge in [-0.05, 0) is 32.0 Å². The van der Waals surface area contributed by atoms with E-state index in [4.69, 9.17) is 11.6 Å². The Labute approximate surface area is 106 Å². The van der Waals surface area contributed by atoms with Gasteiger partial charge in [0.15, 0.2) is 0 Å². The maximum Gasteiger partial charge on any atom is 0.241 e. The monoisotopic (exact) mass is 258 g/mol. The lowest BCUT2D eigenvalue weighted by Crippen LogP contribution is -2.37. The Morgan fingerprint density at radius 1 is 1.53 bits per heavy atom. The van der Waals surface area contributed by atoms with Crippen LogP contribution in [0.3, 0.4) is 0 Å². The third kappa shape index (κ3) is 3.89. The molecule has 1 aromatic carbocycles. The van der Waals surface area contributed by atoms with E-state index in [-0.39, 0.29) is 24.2 Å². The molecule has 1 amide bonds. The second kappa shape index (κ2) is 5.87. The van der Waals surface area contributed by atoms with E-state index in [0.717, 1.165) is 0 Å². The quantitative estimate of drug-likeness (QED) is 0.901. The molecule has 1 rings (SSSR count). The van der Waals surface area contributed by atoms with Gasteiger partial charge in [-0.2, -0.15) is 0 Å². The van der Waals surface area contributed by atoms with Crippen molar-refractivity contribution in [3.05, 3.63) is 29.0 Å². The number of anilines is 1. The minimum atomic E-state index is -0.422. The predicted octanol–water partition coefficient (Wildman–Crippen LogP) is 2.76. The summed E-state index contributed by atoms with van der Waals surface area (Å²) < 4.78 is 13.3. The molecule has 1 N–H and O–H groups in total. The number of amides is 1. The van der Waals surface area contributed by atoms with Crippen molar-refractivity contribution in [2.45, 2.75) is 19.9 Å². The number of rotatable bonds is 4. The van der Waals surface area contributed by atoms with Crippen LogP contribution >= 0.6 is 11.6 Å². The summed E-state index contributed by atoms with van der Waals surface area (Å²) in [6, 6.07) is 4.30. The molecule has 0 bridgehead atoms. The summed E-state index contributed by atoms with van der Waals surface area (Å²) in [7, 11) is 1.71. The molecule has 0 aliphatic carbocycles. The minimum absolute atomic E-state index is 0.0476. The van der Waals surface area contributed by atoms with Crippen LogP contribution in [0.2, 0.25) is 5.02 Å². The van der Waals surface area contributed by atoms with Gasteiger partial charge < -0.3 is 10.2 Å². The summed E-state index contributed by atoms with van der Waals surface area (Å²) in [5.74, 6) is -0.520. The molecule has 0 radical (unpaired) electrons. The Bertz CT molecular complexity index is 409. The highest BCUT2D eigenvalue weighted by molar-refractivity contribution is 6.30. The SMILES string of the molecule is CC(C)N(C)C(=O)CNc1cc(Cl)ccc1F. The van der Waals surface area contributed by atoms with E-state index in [9.17, 15) is 9.18 Å². The van der Waals surface area contributed by atoms with Crippen molar-refractivity contribution >= 4 is 23.2 Å². The smallest absolute Gasteiger partial charge is 0.241 e. The van der Waals surface area contributed by atoms with E-state index < -0.39 is 5.82 Å². The van der Waals surface area contributed by atoms with Crippen molar-refractivity contribution in [2.24, 2.45) is 0 Å². The van der Waals surface area contributed by atoms with E-state index in [1.54, 1.807) is 11.9 Å². The molecule has 0 heterocycles. The van der Waals surface area contributed by atoms with Crippen LogP contribution in [-0.4, -0.2) is 30.4 Å². The van der Waals surface area contributed by atoms with E-state index in [1.165, 1.54) is 18.2 Å². The van der Waals surface area contributed by atoms with Gasteiger partial charge in [0.25, 0.3) is 0 Å². The van der Waals surface area contributed by atoms with Gasteiger partial charge in [-0.25, -0.2) is 4.39 Å². The first-order valence-electron chi connectivity index (χ1n) is 5.36. The summed E-state index contributed by atoms with van der Waals surface area (Å²) in [6.45, 7) is 3.88. The van der Waals surface area contributed by atoms with Crippen LogP contribution in [-0.2, 0) is 4.79 Å². The highest BCUT2D eigenvalue weighted by Crippen LogP contribution is 2.19. The zero-order valence-corrected chi connectivity index (χ0v) is 10.9. The Kier molecular flexibility index (Phi) is 4.75. The van der Waals surface area contributed by atoms with Crippen molar-refractivity contribution in [3.8, 4) is 0 Å². The second-order valence-corrected chi connectivity index (χ2v) is 4.51. The number of halogens is 2. The van der Waals surface area contributed by atoms with Crippen molar-refractivity contribution in [3.63, 3.8) is 0 Å². The molecule has 0 saturated heterocycles. The second-order valence-electron chi connectivity index (χ2n) is 4.08. The minimum Gasteiger partial charge on any atom is -0.374 e. The van der Waals surface area contributed by atoms with Gasteiger partial charge in [-0.15, -0.1) is 0 Å². The number of hydrogen-bond donors (Lipinski definition) is 1. The molecule has 0 aliphatic rings.